The molecule has 3 aliphatic rings. The molecule has 0 radical (unpaired) electrons. The first-order chi connectivity index (χ1) is 25.4. The van der Waals surface area contributed by atoms with Gasteiger partial charge in [0.25, 0.3) is 5.91 Å². The van der Waals surface area contributed by atoms with Crippen LogP contribution in [0.2, 0.25) is 0 Å². The van der Waals surface area contributed by atoms with E-state index in [1.807, 2.05) is 28.0 Å². The molecule has 5 heterocycles. The van der Waals surface area contributed by atoms with Crippen molar-refractivity contribution in [3.63, 3.8) is 0 Å². The first-order valence-corrected chi connectivity index (χ1v) is 18.5. The van der Waals surface area contributed by atoms with Gasteiger partial charge in [0, 0.05) is 83.1 Å². The molecule has 2 aromatic heterocycles. The fourth-order valence-electron chi connectivity index (χ4n) is 7.11. The number of nitrogens with one attached hydrogen (secondary N) is 2. The monoisotopic (exact) mass is 710 g/mol. The second-order valence-electron chi connectivity index (χ2n) is 13.8. The molecule has 52 heavy (non-hydrogen) atoms. The van der Waals surface area contributed by atoms with Crippen LogP contribution in [0.5, 0.6) is 0 Å². The number of carbonyl (C=O) groups is 4. The number of anilines is 1. The number of carbonyl (C=O) groups excluding carboxylic acids is 4. The lowest BCUT2D eigenvalue weighted by molar-refractivity contribution is -0.136. The Bertz CT molecular complexity index is 1670. The predicted molar refractivity (Wildman–Crippen MR) is 197 cm³/mol. The number of aryl methyl sites for hydroxylation is 1. The van der Waals surface area contributed by atoms with Crippen LogP contribution in [0.4, 0.5) is 5.69 Å². The lowest BCUT2D eigenvalue weighted by Crippen LogP contribution is -2.52. The molecule has 1 aromatic carbocycles. The molecule has 3 aliphatic heterocycles. The van der Waals surface area contributed by atoms with Crippen LogP contribution in [0.15, 0.2) is 55.0 Å². The standard InChI is InChI=1S/C38H50N10O4/c1-2-29-5-3-6-31(21-29)32-22-33(43-35(50)25-39-24-34-40-9-4-10-41-34)37(42-23-32)38(52)48-19-13-45(14-20-48)26-30-7-11-44(12-8-30)27-36(51)47-17-15-46(28-49)16-18-47/h3-6,9-10,21-23,28,30,39H,2,7-8,11-20,24-27H2,1H3,(H,43,50). The maximum Gasteiger partial charge on any atom is 0.274 e. The third-order valence-electron chi connectivity index (χ3n) is 10.3. The van der Waals surface area contributed by atoms with E-state index in [-0.39, 0.29) is 30.0 Å². The van der Waals surface area contributed by atoms with Gasteiger partial charge in [-0.2, -0.15) is 0 Å². The molecule has 3 fully saturated rings. The Morgan fingerprint density at radius 2 is 1.56 bits per heavy atom. The number of aromatic nitrogens is 3. The second kappa shape index (κ2) is 18.1. The molecule has 3 aromatic rings. The van der Waals surface area contributed by atoms with Crippen LogP contribution >= 0.6 is 0 Å². The predicted octanol–water partition coefficient (Wildman–Crippen LogP) is 1.60. The van der Waals surface area contributed by atoms with Crippen molar-refractivity contribution >= 4 is 29.8 Å². The first kappa shape index (κ1) is 37.0. The average molecular weight is 711 g/mol. The number of likely N-dealkylation sites (tertiary alicyclic amines) is 1. The maximum atomic E-state index is 13.9. The Kier molecular flexibility index (Phi) is 12.9. The SMILES string of the molecule is CCc1cccc(-c2cnc(C(=O)N3CCN(CC4CCN(CC(=O)N5CCN(C=O)CC5)CC4)CC3)c(NC(=O)CNCc3ncccn3)c2)c1. The number of amides is 4. The molecule has 6 rings (SSSR count). The first-order valence-electron chi connectivity index (χ1n) is 18.5. The Balaban J connectivity index is 1.01. The lowest BCUT2D eigenvalue weighted by Gasteiger charge is -2.39. The minimum Gasteiger partial charge on any atom is -0.342 e. The molecule has 0 aliphatic carbocycles. The van der Waals surface area contributed by atoms with E-state index in [1.54, 1.807) is 29.6 Å². The third kappa shape index (κ3) is 9.96. The van der Waals surface area contributed by atoms with Gasteiger partial charge >= 0.3 is 0 Å². The van der Waals surface area contributed by atoms with Crippen molar-refractivity contribution in [2.75, 3.05) is 90.4 Å². The van der Waals surface area contributed by atoms with Gasteiger partial charge in [-0.3, -0.25) is 29.0 Å². The van der Waals surface area contributed by atoms with Gasteiger partial charge < -0.3 is 25.3 Å². The molecule has 0 saturated carbocycles. The molecule has 276 valence electrons. The zero-order valence-electron chi connectivity index (χ0n) is 30.1. The maximum absolute atomic E-state index is 13.9. The quantitative estimate of drug-likeness (QED) is 0.251. The highest BCUT2D eigenvalue weighted by molar-refractivity contribution is 6.03. The topological polar surface area (TPSA) is 147 Å². The highest BCUT2D eigenvalue weighted by Crippen LogP contribution is 2.27. The zero-order valence-corrected chi connectivity index (χ0v) is 30.1. The van der Waals surface area contributed by atoms with Gasteiger partial charge in [-0.15, -0.1) is 0 Å². The van der Waals surface area contributed by atoms with Crippen molar-refractivity contribution < 1.29 is 19.2 Å². The van der Waals surface area contributed by atoms with Gasteiger partial charge in [-0.25, -0.2) is 15.0 Å². The van der Waals surface area contributed by atoms with E-state index in [2.05, 4.69) is 54.4 Å². The summed E-state index contributed by atoms with van der Waals surface area (Å²) < 4.78 is 0. The molecular formula is C38H50N10O4. The summed E-state index contributed by atoms with van der Waals surface area (Å²) in [5.41, 5.74) is 3.61. The van der Waals surface area contributed by atoms with Crippen molar-refractivity contribution in [2.24, 2.45) is 5.92 Å². The number of piperidine rings is 1. The molecule has 4 amide bonds. The largest absolute Gasteiger partial charge is 0.342 e. The smallest absolute Gasteiger partial charge is 0.274 e. The van der Waals surface area contributed by atoms with Crippen LogP contribution in [0.25, 0.3) is 11.1 Å². The molecule has 14 heteroatoms. The normalized spacial score (nSPS) is 17.6. The Morgan fingerprint density at radius 3 is 2.27 bits per heavy atom. The average Bonchev–Trinajstić information content (AvgIpc) is 3.19. The number of hydrogen-bond donors (Lipinski definition) is 2. The van der Waals surface area contributed by atoms with E-state index < -0.39 is 0 Å². The van der Waals surface area contributed by atoms with Crippen molar-refractivity contribution in [3.05, 3.63) is 72.1 Å². The lowest BCUT2D eigenvalue weighted by atomic mass is 9.96. The molecule has 0 unspecified atom stereocenters. The molecular weight excluding hydrogens is 660 g/mol. The molecule has 0 spiro atoms. The summed E-state index contributed by atoms with van der Waals surface area (Å²) in [6.45, 7) is 10.8. The minimum atomic E-state index is -0.288. The summed E-state index contributed by atoms with van der Waals surface area (Å²) in [6.07, 6.45) is 8.86. The van der Waals surface area contributed by atoms with E-state index in [1.165, 1.54) is 5.56 Å². The molecule has 2 N–H and O–H groups in total. The number of benzene rings is 1. The number of hydrogen-bond acceptors (Lipinski definition) is 10. The molecule has 0 atom stereocenters. The van der Waals surface area contributed by atoms with E-state index in [4.69, 9.17) is 0 Å². The van der Waals surface area contributed by atoms with Crippen LogP contribution in [-0.2, 0) is 27.3 Å². The van der Waals surface area contributed by atoms with Gasteiger partial charge in [0.2, 0.25) is 18.2 Å². The number of pyridine rings is 1. The third-order valence-corrected chi connectivity index (χ3v) is 10.3. The zero-order chi connectivity index (χ0) is 36.3. The Hall–Kier alpha value is -4.79. The fraction of sp³-hybridized carbons (Fsp3) is 0.500. The van der Waals surface area contributed by atoms with Crippen LogP contribution in [-0.4, -0.2) is 149 Å². The summed E-state index contributed by atoms with van der Waals surface area (Å²) in [5, 5.41) is 6.02. The summed E-state index contributed by atoms with van der Waals surface area (Å²) in [6, 6.07) is 11.8. The van der Waals surface area contributed by atoms with Gasteiger partial charge in [0.1, 0.15) is 5.82 Å². The van der Waals surface area contributed by atoms with Crippen LogP contribution in [0.1, 0.15) is 41.6 Å². The van der Waals surface area contributed by atoms with E-state index >= 15 is 0 Å². The van der Waals surface area contributed by atoms with Crippen LogP contribution in [0, 0.1) is 5.92 Å². The molecule has 0 bridgehead atoms. The summed E-state index contributed by atoms with van der Waals surface area (Å²) in [7, 11) is 0. The van der Waals surface area contributed by atoms with Crippen molar-refractivity contribution in [2.45, 2.75) is 32.7 Å². The Morgan fingerprint density at radius 1 is 0.827 bits per heavy atom. The van der Waals surface area contributed by atoms with Gasteiger partial charge in [-0.1, -0.05) is 31.2 Å². The van der Waals surface area contributed by atoms with Crippen molar-refractivity contribution in [1.82, 2.24) is 44.8 Å². The highest BCUT2D eigenvalue weighted by Gasteiger charge is 2.29. The number of piperazine rings is 2. The van der Waals surface area contributed by atoms with E-state index in [0.717, 1.165) is 69.5 Å². The van der Waals surface area contributed by atoms with Gasteiger partial charge in [-0.05, 0) is 61.5 Å². The second-order valence-corrected chi connectivity index (χ2v) is 13.8. The summed E-state index contributed by atoms with van der Waals surface area (Å²) in [5.74, 6) is 0.806. The van der Waals surface area contributed by atoms with Gasteiger partial charge in [0.05, 0.1) is 25.3 Å². The van der Waals surface area contributed by atoms with Crippen LogP contribution < -0.4 is 10.6 Å². The van der Waals surface area contributed by atoms with E-state index in [0.29, 0.717) is 69.8 Å². The van der Waals surface area contributed by atoms with E-state index in [9.17, 15) is 19.2 Å². The van der Waals surface area contributed by atoms with Gasteiger partial charge in [0.15, 0.2) is 5.69 Å². The number of nitrogens with zero attached hydrogens (tertiary/aromatic N) is 8. The highest BCUT2D eigenvalue weighted by atomic mass is 16.2. The Labute approximate surface area is 305 Å². The van der Waals surface area contributed by atoms with Crippen LogP contribution in [0.3, 0.4) is 0 Å². The van der Waals surface area contributed by atoms with Crippen molar-refractivity contribution in [1.29, 1.82) is 0 Å². The van der Waals surface area contributed by atoms with Crippen molar-refractivity contribution in [3.8, 4) is 11.1 Å². The fourth-order valence-corrected chi connectivity index (χ4v) is 7.11. The molecule has 3 saturated heterocycles. The minimum absolute atomic E-state index is 0.0229. The molecule has 14 nitrogen and oxygen atoms in total. The summed E-state index contributed by atoms with van der Waals surface area (Å²) >= 11 is 0. The number of rotatable bonds is 13. The summed E-state index contributed by atoms with van der Waals surface area (Å²) in [4.78, 5) is 73.9.